The first-order valence-electron chi connectivity index (χ1n) is 6.47. The molecule has 106 valence electrons. The van der Waals surface area contributed by atoms with E-state index in [1.54, 1.807) is 7.11 Å². The van der Waals surface area contributed by atoms with E-state index in [0.29, 0.717) is 13.1 Å². The van der Waals surface area contributed by atoms with E-state index >= 15 is 0 Å². The first-order valence-corrected chi connectivity index (χ1v) is 7.26. The first kappa shape index (κ1) is 15.0. The SMILES string of the molecule is COc1ccc(CNC[C@@H](O)c2ccccc2)cc1Br. The van der Waals surface area contributed by atoms with E-state index in [1.807, 2.05) is 48.5 Å². The van der Waals surface area contributed by atoms with Crippen LogP contribution < -0.4 is 10.1 Å². The molecule has 0 saturated carbocycles. The molecular formula is C16H18BrNO2. The van der Waals surface area contributed by atoms with Crippen LogP contribution in [-0.2, 0) is 6.54 Å². The standard InChI is InChI=1S/C16H18BrNO2/c1-20-16-8-7-12(9-14(16)17)10-18-11-15(19)13-5-3-2-4-6-13/h2-9,15,18-19H,10-11H2,1H3/t15-/m1/s1. The Hall–Kier alpha value is -1.36. The maximum atomic E-state index is 10.0. The molecule has 0 radical (unpaired) electrons. The van der Waals surface area contributed by atoms with Crippen LogP contribution >= 0.6 is 15.9 Å². The van der Waals surface area contributed by atoms with Crippen molar-refractivity contribution in [2.75, 3.05) is 13.7 Å². The molecule has 0 heterocycles. The number of methoxy groups -OCH3 is 1. The van der Waals surface area contributed by atoms with E-state index in [-0.39, 0.29) is 0 Å². The number of hydrogen-bond donors (Lipinski definition) is 2. The number of benzene rings is 2. The molecule has 4 heteroatoms. The second kappa shape index (κ2) is 7.43. The highest BCUT2D eigenvalue weighted by Gasteiger charge is 2.06. The molecule has 0 aliphatic carbocycles. The van der Waals surface area contributed by atoms with Gasteiger partial charge >= 0.3 is 0 Å². The Morgan fingerprint density at radius 2 is 1.95 bits per heavy atom. The fourth-order valence-electron chi connectivity index (χ4n) is 1.97. The highest BCUT2D eigenvalue weighted by Crippen LogP contribution is 2.25. The van der Waals surface area contributed by atoms with Crippen LogP contribution in [0.2, 0.25) is 0 Å². The predicted octanol–water partition coefficient (Wildman–Crippen LogP) is 3.28. The lowest BCUT2D eigenvalue weighted by atomic mass is 10.1. The largest absolute Gasteiger partial charge is 0.496 e. The number of nitrogens with one attached hydrogen (secondary N) is 1. The van der Waals surface area contributed by atoms with Gasteiger partial charge in [-0.25, -0.2) is 0 Å². The molecule has 0 bridgehead atoms. The van der Waals surface area contributed by atoms with Crippen LogP contribution in [0.25, 0.3) is 0 Å². The van der Waals surface area contributed by atoms with Gasteiger partial charge < -0.3 is 15.2 Å². The van der Waals surface area contributed by atoms with Gasteiger partial charge in [-0.1, -0.05) is 36.4 Å². The summed E-state index contributed by atoms with van der Waals surface area (Å²) in [5.74, 6) is 0.818. The summed E-state index contributed by atoms with van der Waals surface area (Å²) < 4.78 is 6.13. The molecule has 0 spiro atoms. The minimum absolute atomic E-state index is 0.488. The molecule has 0 saturated heterocycles. The Bertz CT molecular complexity index is 545. The highest BCUT2D eigenvalue weighted by atomic mass is 79.9. The zero-order valence-electron chi connectivity index (χ0n) is 11.3. The molecule has 1 atom stereocenters. The summed E-state index contributed by atoms with van der Waals surface area (Å²) in [4.78, 5) is 0. The molecule has 0 fully saturated rings. The van der Waals surface area contributed by atoms with Crippen LogP contribution in [0.5, 0.6) is 5.75 Å². The van der Waals surface area contributed by atoms with Gasteiger partial charge in [-0.3, -0.25) is 0 Å². The van der Waals surface area contributed by atoms with Gasteiger partial charge in [0.2, 0.25) is 0 Å². The second-order valence-corrected chi connectivity index (χ2v) is 5.38. The van der Waals surface area contributed by atoms with Crippen molar-refractivity contribution in [2.45, 2.75) is 12.6 Å². The zero-order valence-corrected chi connectivity index (χ0v) is 12.9. The molecule has 0 aliphatic heterocycles. The van der Waals surface area contributed by atoms with E-state index in [2.05, 4.69) is 21.2 Å². The molecule has 2 aromatic rings. The van der Waals surface area contributed by atoms with Crippen molar-refractivity contribution in [3.63, 3.8) is 0 Å². The molecular weight excluding hydrogens is 318 g/mol. The van der Waals surface area contributed by atoms with Gasteiger partial charge in [0.1, 0.15) is 5.75 Å². The van der Waals surface area contributed by atoms with E-state index in [4.69, 9.17) is 4.74 Å². The number of hydrogen-bond acceptors (Lipinski definition) is 3. The Morgan fingerprint density at radius 3 is 2.60 bits per heavy atom. The molecule has 20 heavy (non-hydrogen) atoms. The number of aliphatic hydroxyl groups is 1. The molecule has 3 nitrogen and oxygen atoms in total. The van der Waals surface area contributed by atoms with Gasteiger partial charge in [-0.15, -0.1) is 0 Å². The fraction of sp³-hybridized carbons (Fsp3) is 0.250. The van der Waals surface area contributed by atoms with Crippen LogP contribution in [0.4, 0.5) is 0 Å². The van der Waals surface area contributed by atoms with E-state index in [1.165, 1.54) is 0 Å². The highest BCUT2D eigenvalue weighted by molar-refractivity contribution is 9.10. The number of aliphatic hydroxyl groups excluding tert-OH is 1. The van der Waals surface area contributed by atoms with Crippen molar-refractivity contribution in [3.8, 4) is 5.75 Å². The lowest BCUT2D eigenvalue weighted by molar-refractivity contribution is 0.174. The average Bonchev–Trinajstić information content (AvgIpc) is 2.48. The van der Waals surface area contributed by atoms with Gasteiger partial charge in [-0.2, -0.15) is 0 Å². The summed E-state index contributed by atoms with van der Waals surface area (Å²) in [5, 5.41) is 13.3. The van der Waals surface area contributed by atoms with Crippen LogP contribution in [0.1, 0.15) is 17.2 Å². The number of halogens is 1. The van der Waals surface area contributed by atoms with Crippen LogP contribution in [0, 0.1) is 0 Å². The van der Waals surface area contributed by atoms with E-state index in [9.17, 15) is 5.11 Å². The minimum atomic E-state index is -0.488. The number of rotatable bonds is 6. The molecule has 0 amide bonds. The quantitative estimate of drug-likeness (QED) is 0.851. The van der Waals surface area contributed by atoms with Crippen molar-refractivity contribution in [1.82, 2.24) is 5.32 Å². The first-order chi connectivity index (χ1) is 9.70. The Kier molecular flexibility index (Phi) is 5.59. The van der Waals surface area contributed by atoms with Gasteiger partial charge in [0.25, 0.3) is 0 Å². The lowest BCUT2D eigenvalue weighted by Crippen LogP contribution is -2.21. The predicted molar refractivity (Wildman–Crippen MR) is 83.8 cm³/mol. The smallest absolute Gasteiger partial charge is 0.133 e. The van der Waals surface area contributed by atoms with Gasteiger partial charge in [0, 0.05) is 13.1 Å². The number of ether oxygens (including phenoxy) is 1. The third-order valence-electron chi connectivity index (χ3n) is 3.07. The monoisotopic (exact) mass is 335 g/mol. The van der Waals surface area contributed by atoms with Gasteiger partial charge in [0.15, 0.2) is 0 Å². The van der Waals surface area contributed by atoms with Crippen LogP contribution in [-0.4, -0.2) is 18.8 Å². The second-order valence-electron chi connectivity index (χ2n) is 4.53. The topological polar surface area (TPSA) is 41.5 Å². The molecule has 0 unspecified atom stereocenters. The summed E-state index contributed by atoms with van der Waals surface area (Å²) in [6.45, 7) is 1.22. The minimum Gasteiger partial charge on any atom is -0.496 e. The summed E-state index contributed by atoms with van der Waals surface area (Å²) in [6, 6.07) is 15.6. The third-order valence-corrected chi connectivity index (χ3v) is 3.69. The maximum Gasteiger partial charge on any atom is 0.133 e. The van der Waals surface area contributed by atoms with Crippen LogP contribution in [0.3, 0.4) is 0 Å². The Morgan fingerprint density at radius 1 is 1.20 bits per heavy atom. The fourth-order valence-corrected chi connectivity index (χ4v) is 2.55. The Labute approximate surface area is 127 Å². The summed E-state index contributed by atoms with van der Waals surface area (Å²) in [6.07, 6.45) is -0.488. The molecule has 0 aliphatic rings. The Balaban J connectivity index is 1.85. The van der Waals surface area contributed by atoms with Crippen molar-refractivity contribution in [1.29, 1.82) is 0 Å². The average molecular weight is 336 g/mol. The third kappa shape index (κ3) is 4.07. The van der Waals surface area contributed by atoms with Crippen LogP contribution in [0.15, 0.2) is 53.0 Å². The van der Waals surface area contributed by atoms with Crippen molar-refractivity contribution < 1.29 is 9.84 Å². The van der Waals surface area contributed by atoms with Gasteiger partial charge in [-0.05, 0) is 39.2 Å². The zero-order chi connectivity index (χ0) is 14.4. The van der Waals surface area contributed by atoms with Crippen molar-refractivity contribution >= 4 is 15.9 Å². The van der Waals surface area contributed by atoms with Crippen molar-refractivity contribution in [3.05, 3.63) is 64.1 Å². The van der Waals surface area contributed by atoms with E-state index in [0.717, 1.165) is 21.3 Å². The van der Waals surface area contributed by atoms with Crippen molar-refractivity contribution in [2.24, 2.45) is 0 Å². The molecule has 2 N–H and O–H groups in total. The molecule has 0 aromatic heterocycles. The molecule has 2 aromatic carbocycles. The summed E-state index contributed by atoms with van der Waals surface area (Å²) in [5.41, 5.74) is 2.06. The summed E-state index contributed by atoms with van der Waals surface area (Å²) >= 11 is 3.46. The summed E-state index contributed by atoms with van der Waals surface area (Å²) in [7, 11) is 1.65. The maximum absolute atomic E-state index is 10.0. The molecule has 2 rings (SSSR count). The van der Waals surface area contributed by atoms with Gasteiger partial charge in [0.05, 0.1) is 17.7 Å². The lowest BCUT2D eigenvalue weighted by Gasteiger charge is -2.12. The van der Waals surface area contributed by atoms with E-state index < -0.39 is 6.10 Å². The normalized spacial score (nSPS) is 12.2.